The van der Waals surface area contributed by atoms with Gasteiger partial charge in [-0.1, -0.05) is 98.2 Å². The quantitative estimate of drug-likeness (QED) is 0.114. The van der Waals surface area contributed by atoms with Gasteiger partial charge >= 0.3 is 21.1 Å². The van der Waals surface area contributed by atoms with Crippen LogP contribution >= 0.6 is 0 Å². The van der Waals surface area contributed by atoms with Crippen LogP contribution in [0.3, 0.4) is 0 Å². The van der Waals surface area contributed by atoms with Crippen molar-refractivity contribution >= 4 is 21.8 Å². The zero-order valence-electron chi connectivity index (χ0n) is 33.3. The maximum absolute atomic E-state index is 6.61. The molecule has 0 saturated carbocycles. The van der Waals surface area contributed by atoms with E-state index in [4.69, 9.17) is 24.3 Å². The number of aromatic nitrogens is 4. The third-order valence-corrected chi connectivity index (χ3v) is 10.4. The minimum Gasteiger partial charge on any atom is -0.509 e. The number of hydrogen-bond acceptors (Lipinski definition) is 5. The molecule has 9 aromatic rings. The molecule has 0 spiro atoms. The van der Waals surface area contributed by atoms with Crippen LogP contribution in [0.25, 0.3) is 44.4 Å². The van der Waals surface area contributed by atoms with Crippen molar-refractivity contribution in [2.75, 3.05) is 0 Å². The first-order chi connectivity index (χ1) is 28.4. The van der Waals surface area contributed by atoms with E-state index in [1.54, 1.807) is 4.68 Å². The Kier molecular flexibility index (Phi) is 11.5. The zero-order valence-corrected chi connectivity index (χ0v) is 35.5. The first kappa shape index (κ1) is 39.4. The Morgan fingerprint density at radius 3 is 2.02 bits per heavy atom. The van der Waals surface area contributed by atoms with E-state index in [0.29, 0.717) is 30.6 Å². The molecule has 0 amide bonds. The van der Waals surface area contributed by atoms with Gasteiger partial charge in [0.25, 0.3) is 0 Å². The van der Waals surface area contributed by atoms with Crippen molar-refractivity contribution in [1.82, 2.24) is 19.3 Å². The van der Waals surface area contributed by atoms with E-state index in [1.807, 2.05) is 79.3 Å². The first-order valence-electron chi connectivity index (χ1n) is 19.5. The summed E-state index contributed by atoms with van der Waals surface area (Å²) < 4.78 is 23.7. The van der Waals surface area contributed by atoms with Gasteiger partial charge < -0.3 is 18.8 Å². The van der Waals surface area contributed by atoms with Gasteiger partial charge in [0.1, 0.15) is 30.5 Å². The van der Waals surface area contributed by atoms with Crippen molar-refractivity contribution in [2.24, 2.45) is 0 Å². The summed E-state index contributed by atoms with van der Waals surface area (Å²) in [4.78, 5) is 4.79. The molecule has 0 atom stereocenters. The Morgan fingerprint density at radius 1 is 0.661 bits per heavy atom. The molecule has 0 aliphatic heterocycles. The Bertz CT molecular complexity index is 2820. The molecule has 6 aromatic carbocycles. The second kappa shape index (κ2) is 17.2. The molecule has 294 valence electrons. The third-order valence-electron chi connectivity index (χ3n) is 10.4. The zero-order chi connectivity index (χ0) is 39.6. The number of benzene rings is 6. The van der Waals surface area contributed by atoms with Crippen LogP contribution in [0.5, 0.6) is 23.0 Å². The van der Waals surface area contributed by atoms with Gasteiger partial charge in [-0.2, -0.15) is 17.2 Å². The van der Waals surface area contributed by atoms with Crippen LogP contribution in [0.15, 0.2) is 152 Å². The SMILES string of the molecule is Cc1cc(C)c(OCc2ccccc2)c(-c2cnn(-c3[c-]c(Oc4[c-]c5c(cc4)c4ccccc4n5-c4cc(C(C)C)ccn4)ccc3)c2)c1OCc1ccccc1.[Pt+2]. The topological polar surface area (TPSA) is 63.3 Å². The fraction of sp³-hybridized carbons (Fsp3) is 0.137. The second-order valence-electron chi connectivity index (χ2n) is 14.8. The summed E-state index contributed by atoms with van der Waals surface area (Å²) in [5.41, 5.74) is 9.81. The van der Waals surface area contributed by atoms with Gasteiger partial charge in [0.05, 0.1) is 11.8 Å². The number of pyridine rings is 1. The van der Waals surface area contributed by atoms with Crippen LogP contribution in [0.1, 0.15) is 47.6 Å². The first-order valence-corrected chi connectivity index (χ1v) is 19.5. The molecule has 9 rings (SSSR count). The van der Waals surface area contributed by atoms with Crippen molar-refractivity contribution in [3.63, 3.8) is 0 Å². The molecule has 8 heteroatoms. The van der Waals surface area contributed by atoms with Gasteiger partial charge in [0.2, 0.25) is 0 Å². The van der Waals surface area contributed by atoms with Gasteiger partial charge in [-0.05, 0) is 82.9 Å². The van der Waals surface area contributed by atoms with Gasteiger partial charge in [0.15, 0.2) is 0 Å². The number of fused-ring (bicyclic) bond motifs is 3. The minimum atomic E-state index is 0. The summed E-state index contributed by atoms with van der Waals surface area (Å²) in [5.74, 6) is 3.84. The molecule has 0 unspecified atom stereocenters. The van der Waals surface area contributed by atoms with Crippen molar-refractivity contribution < 1.29 is 35.3 Å². The third kappa shape index (κ3) is 8.17. The molecule has 0 fully saturated rings. The number of ether oxygens (including phenoxy) is 3. The van der Waals surface area contributed by atoms with Gasteiger partial charge in [-0.15, -0.1) is 35.7 Å². The van der Waals surface area contributed by atoms with E-state index in [0.717, 1.165) is 78.2 Å². The Hall–Kier alpha value is -6.43. The molecule has 0 saturated heterocycles. The minimum absolute atomic E-state index is 0. The summed E-state index contributed by atoms with van der Waals surface area (Å²) in [7, 11) is 0. The number of nitrogens with zero attached hydrogens (tertiary/aromatic N) is 4. The summed E-state index contributed by atoms with van der Waals surface area (Å²) in [6.45, 7) is 9.37. The van der Waals surface area contributed by atoms with Crippen molar-refractivity contribution in [3.05, 3.63) is 192 Å². The fourth-order valence-corrected chi connectivity index (χ4v) is 7.47. The predicted octanol–water partition coefficient (Wildman–Crippen LogP) is 12.3. The molecular weight excluding hydrogens is 912 g/mol. The van der Waals surface area contributed by atoms with Gasteiger partial charge in [0, 0.05) is 35.0 Å². The van der Waals surface area contributed by atoms with Crippen LogP contribution in [0.2, 0.25) is 0 Å². The van der Waals surface area contributed by atoms with E-state index in [-0.39, 0.29) is 21.1 Å². The average Bonchev–Trinajstić information content (AvgIpc) is 3.87. The number of para-hydroxylation sites is 1. The van der Waals surface area contributed by atoms with E-state index in [9.17, 15) is 0 Å². The van der Waals surface area contributed by atoms with Gasteiger partial charge in [-0.25, -0.2) is 4.98 Å². The summed E-state index contributed by atoms with van der Waals surface area (Å²) in [6.07, 6.45) is 5.72. The maximum Gasteiger partial charge on any atom is 2.00 e. The molecule has 3 heterocycles. The number of rotatable bonds is 12. The van der Waals surface area contributed by atoms with Crippen LogP contribution in [-0.4, -0.2) is 19.3 Å². The molecule has 0 aliphatic rings. The number of aryl methyl sites for hydroxylation is 2. The average molecular weight is 954 g/mol. The Morgan fingerprint density at radius 2 is 1.32 bits per heavy atom. The predicted molar refractivity (Wildman–Crippen MR) is 230 cm³/mol. The monoisotopic (exact) mass is 953 g/mol. The summed E-state index contributed by atoms with van der Waals surface area (Å²) >= 11 is 0. The summed E-state index contributed by atoms with van der Waals surface area (Å²) in [5, 5.41) is 7.03. The van der Waals surface area contributed by atoms with Crippen LogP contribution in [-0.2, 0) is 34.3 Å². The van der Waals surface area contributed by atoms with E-state index < -0.39 is 0 Å². The Labute approximate surface area is 359 Å². The van der Waals surface area contributed by atoms with E-state index in [1.165, 1.54) is 5.56 Å². The molecular formula is C51H42N4O3Pt. The standard InChI is InChI=1S/C51H42N4O3.Pt/c1-34(2)39-24-25-52-48(27-39)55-46-21-12-11-20-44(46)45-23-22-43(29-47(45)55)58-42-19-13-18-41(28-42)54-31-40(30-53-54)49-50(56-32-37-14-7-5-8-15-37)35(3)26-36(4)51(49)57-33-38-16-9-6-10-17-38;/h5-27,30-31,34H,32-33H2,1-4H3;/q-2;+2. The molecule has 0 bridgehead atoms. The second-order valence-corrected chi connectivity index (χ2v) is 14.8. The molecule has 7 nitrogen and oxygen atoms in total. The smallest absolute Gasteiger partial charge is 0.509 e. The fourth-order valence-electron chi connectivity index (χ4n) is 7.47. The van der Waals surface area contributed by atoms with Crippen LogP contribution < -0.4 is 14.2 Å². The number of hydrogen-bond donors (Lipinski definition) is 0. The normalized spacial score (nSPS) is 11.2. The van der Waals surface area contributed by atoms with Crippen LogP contribution in [0, 0.1) is 26.0 Å². The summed E-state index contributed by atoms with van der Waals surface area (Å²) in [6, 6.07) is 52.0. The molecule has 0 N–H and O–H groups in total. The van der Waals surface area contributed by atoms with E-state index in [2.05, 4.69) is 117 Å². The van der Waals surface area contributed by atoms with Crippen LogP contribution in [0.4, 0.5) is 0 Å². The van der Waals surface area contributed by atoms with Crippen molar-refractivity contribution in [1.29, 1.82) is 0 Å². The molecule has 0 radical (unpaired) electrons. The molecule has 59 heavy (non-hydrogen) atoms. The largest absolute Gasteiger partial charge is 2.00 e. The maximum atomic E-state index is 6.61. The van der Waals surface area contributed by atoms with Crippen molar-refractivity contribution in [2.45, 2.75) is 46.8 Å². The molecule has 3 aromatic heterocycles. The van der Waals surface area contributed by atoms with Crippen molar-refractivity contribution in [3.8, 4) is 45.6 Å². The molecule has 0 aliphatic carbocycles. The van der Waals surface area contributed by atoms with Gasteiger partial charge in [-0.3, -0.25) is 4.68 Å². The van der Waals surface area contributed by atoms with E-state index >= 15 is 0 Å². The Balaban J connectivity index is 0.00000484.